The molecular weight excluding hydrogens is 288 g/mol. The summed E-state index contributed by atoms with van der Waals surface area (Å²) in [6, 6.07) is 9.72. The molecule has 1 aliphatic rings. The fourth-order valence-corrected chi connectivity index (χ4v) is 2.95. The maximum atomic E-state index is 8.95. The number of fused-ring (bicyclic) bond motifs is 1. The molecule has 1 aromatic carbocycles. The minimum Gasteiger partial charge on any atom is -0.381 e. The molecule has 0 saturated heterocycles. The number of benzene rings is 1. The van der Waals surface area contributed by atoms with Crippen molar-refractivity contribution in [3.8, 4) is 11.8 Å². The van der Waals surface area contributed by atoms with E-state index in [0.717, 1.165) is 43.2 Å². The second-order valence-electron chi connectivity index (χ2n) is 5.68. The summed E-state index contributed by atoms with van der Waals surface area (Å²) >= 11 is 0. The maximum Gasteiger partial charge on any atom is 0.133 e. The molecule has 120 valence electrons. The maximum absolute atomic E-state index is 8.95. The van der Waals surface area contributed by atoms with Crippen LogP contribution in [0.3, 0.4) is 0 Å². The molecule has 0 amide bonds. The van der Waals surface area contributed by atoms with Gasteiger partial charge in [0.15, 0.2) is 0 Å². The van der Waals surface area contributed by atoms with Gasteiger partial charge in [-0.2, -0.15) is 10.4 Å². The second-order valence-corrected chi connectivity index (χ2v) is 5.68. The quantitative estimate of drug-likeness (QED) is 0.862. The van der Waals surface area contributed by atoms with E-state index in [1.807, 2.05) is 35.9 Å². The predicted molar refractivity (Wildman–Crippen MR) is 89.9 cm³/mol. The SMILES string of the molecule is CCOCCc1nn(-c2ccc(C#N)cc2)c2c1CCCCN2. The average Bonchev–Trinajstić information content (AvgIpc) is 2.77. The number of hydrogen-bond donors (Lipinski definition) is 1. The molecule has 5 heteroatoms. The van der Waals surface area contributed by atoms with E-state index in [-0.39, 0.29) is 0 Å². The summed E-state index contributed by atoms with van der Waals surface area (Å²) in [4.78, 5) is 0. The first-order chi connectivity index (χ1) is 11.3. The summed E-state index contributed by atoms with van der Waals surface area (Å²) < 4.78 is 7.47. The number of nitrogens with zero attached hydrogens (tertiary/aromatic N) is 3. The van der Waals surface area contributed by atoms with E-state index < -0.39 is 0 Å². The lowest BCUT2D eigenvalue weighted by Gasteiger charge is -2.09. The standard InChI is InChI=1S/C18H22N4O/c1-2-23-12-10-17-16-5-3-4-11-20-18(16)22(21-17)15-8-6-14(13-19)7-9-15/h6-9,20H,2-5,10-12H2,1H3. The Bertz CT molecular complexity index is 697. The Balaban J connectivity index is 1.96. The zero-order chi connectivity index (χ0) is 16.1. The molecule has 5 nitrogen and oxygen atoms in total. The van der Waals surface area contributed by atoms with E-state index in [1.54, 1.807) is 0 Å². The third-order valence-corrected chi connectivity index (χ3v) is 4.14. The normalized spacial score (nSPS) is 13.7. The van der Waals surface area contributed by atoms with E-state index in [9.17, 15) is 0 Å². The summed E-state index contributed by atoms with van der Waals surface area (Å²) in [6.45, 7) is 4.42. The highest BCUT2D eigenvalue weighted by atomic mass is 16.5. The van der Waals surface area contributed by atoms with Crippen LogP contribution in [-0.2, 0) is 17.6 Å². The Morgan fingerprint density at radius 3 is 2.87 bits per heavy atom. The minimum atomic E-state index is 0.663. The van der Waals surface area contributed by atoms with Gasteiger partial charge in [-0.05, 0) is 50.5 Å². The summed E-state index contributed by atoms with van der Waals surface area (Å²) in [6.07, 6.45) is 4.24. The minimum absolute atomic E-state index is 0.663. The van der Waals surface area contributed by atoms with E-state index in [1.165, 1.54) is 18.4 Å². The van der Waals surface area contributed by atoms with Crippen molar-refractivity contribution < 1.29 is 4.74 Å². The number of nitriles is 1. The predicted octanol–water partition coefficient (Wildman–Crippen LogP) is 3.07. The van der Waals surface area contributed by atoms with Gasteiger partial charge in [-0.3, -0.25) is 0 Å². The zero-order valence-corrected chi connectivity index (χ0v) is 13.5. The van der Waals surface area contributed by atoms with E-state index >= 15 is 0 Å². The largest absolute Gasteiger partial charge is 0.381 e. The van der Waals surface area contributed by atoms with Crippen LogP contribution in [0.15, 0.2) is 24.3 Å². The highest BCUT2D eigenvalue weighted by Crippen LogP contribution is 2.28. The van der Waals surface area contributed by atoms with Gasteiger partial charge in [0.1, 0.15) is 5.82 Å². The molecular formula is C18H22N4O. The molecule has 0 bridgehead atoms. The van der Waals surface area contributed by atoms with Crippen molar-refractivity contribution in [2.75, 3.05) is 25.1 Å². The van der Waals surface area contributed by atoms with Gasteiger partial charge >= 0.3 is 0 Å². The van der Waals surface area contributed by atoms with E-state index in [4.69, 9.17) is 15.1 Å². The fourth-order valence-electron chi connectivity index (χ4n) is 2.95. The molecule has 2 aromatic rings. The lowest BCUT2D eigenvalue weighted by atomic mass is 10.1. The number of hydrogen-bond acceptors (Lipinski definition) is 4. The number of ether oxygens (including phenoxy) is 1. The molecule has 2 heterocycles. The monoisotopic (exact) mass is 310 g/mol. The summed E-state index contributed by atoms with van der Waals surface area (Å²) in [5.74, 6) is 1.10. The molecule has 23 heavy (non-hydrogen) atoms. The van der Waals surface area contributed by atoms with Gasteiger partial charge in [0.2, 0.25) is 0 Å². The van der Waals surface area contributed by atoms with Gasteiger partial charge in [-0.15, -0.1) is 0 Å². The summed E-state index contributed by atoms with van der Waals surface area (Å²) in [5, 5.41) is 17.3. The molecule has 0 radical (unpaired) electrons. The third kappa shape index (κ3) is 3.38. The Labute approximate surface area is 136 Å². The molecule has 1 N–H and O–H groups in total. The average molecular weight is 310 g/mol. The van der Waals surface area contributed by atoms with Crippen LogP contribution < -0.4 is 5.32 Å². The van der Waals surface area contributed by atoms with Crippen LogP contribution in [0.25, 0.3) is 5.69 Å². The molecule has 0 fully saturated rings. The Kier molecular flexibility index (Phi) is 4.94. The zero-order valence-electron chi connectivity index (χ0n) is 13.5. The third-order valence-electron chi connectivity index (χ3n) is 4.14. The lowest BCUT2D eigenvalue weighted by Crippen LogP contribution is -2.07. The van der Waals surface area contributed by atoms with Crippen molar-refractivity contribution in [2.24, 2.45) is 0 Å². The van der Waals surface area contributed by atoms with Crippen molar-refractivity contribution in [1.29, 1.82) is 5.26 Å². The molecule has 1 aromatic heterocycles. The van der Waals surface area contributed by atoms with Crippen LogP contribution in [0.5, 0.6) is 0 Å². The van der Waals surface area contributed by atoms with Crippen molar-refractivity contribution in [3.63, 3.8) is 0 Å². The first-order valence-electron chi connectivity index (χ1n) is 8.26. The van der Waals surface area contributed by atoms with Crippen LogP contribution in [0, 0.1) is 11.3 Å². The molecule has 0 aliphatic carbocycles. The van der Waals surface area contributed by atoms with Gasteiger partial charge in [0.25, 0.3) is 0 Å². The van der Waals surface area contributed by atoms with E-state index in [0.29, 0.717) is 12.2 Å². The van der Waals surface area contributed by atoms with Gasteiger partial charge in [0, 0.05) is 25.1 Å². The molecule has 0 unspecified atom stereocenters. The van der Waals surface area contributed by atoms with Gasteiger partial charge < -0.3 is 10.1 Å². The lowest BCUT2D eigenvalue weighted by molar-refractivity contribution is 0.150. The van der Waals surface area contributed by atoms with Gasteiger partial charge in [0.05, 0.1) is 29.6 Å². The summed E-state index contributed by atoms with van der Waals surface area (Å²) in [7, 11) is 0. The number of nitrogens with one attached hydrogen (secondary N) is 1. The van der Waals surface area contributed by atoms with Gasteiger partial charge in [-0.1, -0.05) is 0 Å². The van der Waals surface area contributed by atoms with Crippen LogP contribution in [0.1, 0.15) is 36.6 Å². The molecule has 3 rings (SSSR count). The van der Waals surface area contributed by atoms with Crippen LogP contribution >= 0.6 is 0 Å². The number of anilines is 1. The fraction of sp³-hybridized carbons (Fsp3) is 0.444. The van der Waals surface area contributed by atoms with E-state index in [2.05, 4.69) is 11.4 Å². The number of rotatable bonds is 5. The smallest absolute Gasteiger partial charge is 0.133 e. The highest BCUT2D eigenvalue weighted by Gasteiger charge is 2.20. The van der Waals surface area contributed by atoms with Crippen LogP contribution in [0.4, 0.5) is 5.82 Å². The van der Waals surface area contributed by atoms with Crippen molar-refractivity contribution in [1.82, 2.24) is 9.78 Å². The Morgan fingerprint density at radius 1 is 1.30 bits per heavy atom. The van der Waals surface area contributed by atoms with Crippen molar-refractivity contribution in [2.45, 2.75) is 32.6 Å². The topological polar surface area (TPSA) is 62.9 Å². The van der Waals surface area contributed by atoms with Crippen LogP contribution in [-0.4, -0.2) is 29.5 Å². The second kappa shape index (κ2) is 7.30. The summed E-state index contributed by atoms with van der Waals surface area (Å²) in [5.41, 5.74) is 4.08. The Morgan fingerprint density at radius 2 is 2.13 bits per heavy atom. The number of aromatic nitrogens is 2. The van der Waals surface area contributed by atoms with Crippen molar-refractivity contribution >= 4 is 5.82 Å². The Hall–Kier alpha value is -2.32. The molecule has 0 atom stereocenters. The molecule has 0 saturated carbocycles. The molecule has 1 aliphatic heterocycles. The van der Waals surface area contributed by atoms with Gasteiger partial charge in [-0.25, -0.2) is 4.68 Å². The van der Waals surface area contributed by atoms with Crippen molar-refractivity contribution in [3.05, 3.63) is 41.1 Å². The van der Waals surface area contributed by atoms with Crippen LogP contribution in [0.2, 0.25) is 0 Å². The molecule has 0 spiro atoms. The highest BCUT2D eigenvalue weighted by molar-refractivity contribution is 5.55. The first-order valence-corrected chi connectivity index (χ1v) is 8.26. The first kappa shape index (κ1) is 15.6.